The quantitative estimate of drug-likeness (QED) is 0.519. The Bertz CT molecular complexity index is 1230. The van der Waals surface area contributed by atoms with Crippen LogP contribution in [0.15, 0.2) is 66.7 Å². The number of hydrogen-bond acceptors (Lipinski definition) is 5. The average molecular weight is 416 g/mol. The highest BCUT2D eigenvalue weighted by Crippen LogP contribution is 2.24. The predicted molar refractivity (Wildman–Crippen MR) is 115 cm³/mol. The van der Waals surface area contributed by atoms with Gasteiger partial charge in [-0.3, -0.25) is 4.79 Å². The van der Waals surface area contributed by atoms with Gasteiger partial charge in [0.1, 0.15) is 11.6 Å². The van der Waals surface area contributed by atoms with Gasteiger partial charge < -0.3 is 10.2 Å². The van der Waals surface area contributed by atoms with Crippen LogP contribution in [0.3, 0.4) is 0 Å². The number of anilines is 1. The maximum atomic E-state index is 14.3. The molecule has 0 aliphatic carbocycles. The topological polar surface area (TPSA) is 75.4 Å². The van der Waals surface area contributed by atoms with Gasteiger partial charge >= 0.3 is 0 Å². The maximum Gasteiger partial charge on any atom is 0.222 e. The van der Waals surface area contributed by atoms with Crippen molar-refractivity contribution in [1.82, 2.24) is 24.7 Å². The Labute approximate surface area is 178 Å². The van der Waals surface area contributed by atoms with Gasteiger partial charge in [-0.05, 0) is 36.2 Å². The monoisotopic (exact) mass is 416 g/mol. The molecule has 1 fully saturated rings. The number of amides is 1. The fraction of sp³-hybridized carbons (Fsp3) is 0.217. The van der Waals surface area contributed by atoms with Crippen molar-refractivity contribution in [2.24, 2.45) is 0 Å². The molecule has 156 valence electrons. The SMILES string of the molecule is O=C1CCCN1CC(Nc1ccc2nnc(-c3ccccc3F)n2n1)c1ccccc1. The van der Waals surface area contributed by atoms with E-state index < -0.39 is 0 Å². The van der Waals surface area contributed by atoms with Crippen LogP contribution < -0.4 is 5.32 Å². The minimum Gasteiger partial charge on any atom is -0.360 e. The molecule has 1 atom stereocenters. The number of aromatic nitrogens is 4. The van der Waals surface area contributed by atoms with Crippen LogP contribution in [0.4, 0.5) is 10.2 Å². The molecule has 3 heterocycles. The first-order valence-electron chi connectivity index (χ1n) is 10.3. The van der Waals surface area contributed by atoms with Gasteiger partial charge in [0, 0.05) is 19.5 Å². The summed E-state index contributed by atoms with van der Waals surface area (Å²) < 4.78 is 15.8. The predicted octanol–water partition coefficient (Wildman–Crippen LogP) is 3.71. The van der Waals surface area contributed by atoms with E-state index >= 15 is 0 Å². The second-order valence-corrected chi connectivity index (χ2v) is 7.54. The number of rotatable bonds is 6. The van der Waals surface area contributed by atoms with Gasteiger partial charge in [0.05, 0.1) is 11.6 Å². The number of fused-ring (bicyclic) bond motifs is 1. The van der Waals surface area contributed by atoms with Crippen molar-refractivity contribution in [3.05, 3.63) is 78.1 Å². The number of carbonyl (C=O) groups excluding carboxylic acids is 1. The summed E-state index contributed by atoms with van der Waals surface area (Å²) in [5.41, 5.74) is 1.92. The zero-order chi connectivity index (χ0) is 21.2. The molecule has 31 heavy (non-hydrogen) atoms. The maximum absolute atomic E-state index is 14.3. The number of halogens is 1. The fourth-order valence-corrected chi connectivity index (χ4v) is 3.89. The lowest BCUT2D eigenvalue weighted by atomic mass is 10.1. The van der Waals surface area contributed by atoms with Gasteiger partial charge in [-0.15, -0.1) is 15.3 Å². The summed E-state index contributed by atoms with van der Waals surface area (Å²) in [6.45, 7) is 1.31. The Morgan fingerprint density at radius 3 is 2.58 bits per heavy atom. The lowest BCUT2D eigenvalue weighted by Gasteiger charge is -2.25. The molecule has 1 saturated heterocycles. The van der Waals surface area contributed by atoms with E-state index in [0.29, 0.717) is 35.8 Å². The third-order valence-corrected chi connectivity index (χ3v) is 5.48. The van der Waals surface area contributed by atoms with E-state index in [0.717, 1.165) is 18.5 Å². The molecule has 2 aromatic heterocycles. The molecule has 0 bridgehead atoms. The van der Waals surface area contributed by atoms with E-state index in [2.05, 4.69) is 20.6 Å². The standard InChI is InChI=1S/C23H21FN6O/c24-18-10-5-4-9-17(18)23-27-26-21-13-12-20(28-30(21)23)25-19(16-7-2-1-3-8-16)15-29-14-6-11-22(29)31/h1-5,7-10,12-13,19H,6,11,14-15H2,(H,25,28). The molecule has 2 aromatic carbocycles. The van der Waals surface area contributed by atoms with Crippen LogP contribution in [0.2, 0.25) is 0 Å². The molecule has 5 rings (SSSR count). The molecule has 1 aliphatic rings. The van der Waals surface area contributed by atoms with Gasteiger partial charge in [0.2, 0.25) is 5.91 Å². The summed E-state index contributed by atoms with van der Waals surface area (Å²) in [5, 5.41) is 16.3. The average Bonchev–Trinajstić information content (AvgIpc) is 3.40. The molecule has 7 nitrogen and oxygen atoms in total. The van der Waals surface area contributed by atoms with Crippen LogP contribution in [0.5, 0.6) is 0 Å². The molecule has 1 amide bonds. The van der Waals surface area contributed by atoms with Crippen molar-refractivity contribution in [1.29, 1.82) is 0 Å². The number of carbonyl (C=O) groups is 1. The fourth-order valence-electron chi connectivity index (χ4n) is 3.89. The van der Waals surface area contributed by atoms with Crippen LogP contribution in [-0.4, -0.2) is 43.7 Å². The number of nitrogens with one attached hydrogen (secondary N) is 1. The van der Waals surface area contributed by atoms with Crippen LogP contribution >= 0.6 is 0 Å². The first kappa shape index (κ1) is 19.2. The lowest BCUT2D eigenvalue weighted by Crippen LogP contribution is -2.32. The van der Waals surface area contributed by atoms with Gasteiger partial charge in [0.25, 0.3) is 0 Å². The van der Waals surface area contributed by atoms with Crippen LogP contribution in [0, 0.1) is 5.82 Å². The number of nitrogens with zero attached hydrogens (tertiary/aromatic N) is 5. The van der Waals surface area contributed by atoms with Crippen molar-refractivity contribution in [2.75, 3.05) is 18.4 Å². The van der Waals surface area contributed by atoms with Crippen LogP contribution in [0.25, 0.3) is 17.0 Å². The minimum atomic E-state index is -0.383. The first-order valence-corrected chi connectivity index (χ1v) is 10.3. The second-order valence-electron chi connectivity index (χ2n) is 7.54. The first-order chi connectivity index (χ1) is 15.2. The summed E-state index contributed by atoms with van der Waals surface area (Å²) in [4.78, 5) is 14.1. The number of benzene rings is 2. The van der Waals surface area contributed by atoms with E-state index in [-0.39, 0.29) is 17.8 Å². The third kappa shape index (κ3) is 3.84. The number of hydrogen-bond donors (Lipinski definition) is 1. The van der Waals surface area contributed by atoms with E-state index in [1.165, 1.54) is 10.6 Å². The molecule has 0 saturated carbocycles. The Morgan fingerprint density at radius 2 is 1.81 bits per heavy atom. The molecule has 4 aromatic rings. The molecule has 8 heteroatoms. The number of likely N-dealkylation sites (tertiary alicyclic amines) is 1. The highest BCUT2D eigenvalue weighted by atomic mass is 19.1. The molecular weight excluding hydrogens is 395 g/mol. The minimum absolute atomic E-state index is 0.137. The summed E-state index contributed by atoms with van der Waals surface area (Å²) in [6.07, 6.45) is 1.48. The van der Waals surface area contributed by atoms with Crippen molar-refractivity contribution in [3.63, 3.8) is 0 Å². The summed E-state index contributed by atoms with van der Waals surface area (Å²) in [5.74, 6) is 0.714. The van der Waals surface area contributed by atoms with E-state index in [4.69, 9.17) is 0 Å². The molecule has 0 spiro atoms. The molecule has 1 N–H and O–H groups in total. The lowest BCUT2D eigenvalue weighted by molar-refractivity contribution is -0.127. The van der Waals surface area contributed by atoms with Crippen molar-refractivity contribution < 1.29 is 9.18 Å². The zero-order valence-electron chi connectivity index (χ0n) is 16.8. The molecule has 0 radical (unpaired) electrons. The van der Waals surface area contributed by atoms with Gasteiger partial charge in [-0.1, -0.05) is 42.5 Å². The van der Waals surface area contributed by atoms with E-state index in [1.54, 1.807) is 24.3 Å². The highest BCUT2D eigenvalue weighted by molar-refractivity contribution is 5.78. The Kier molecular flexibility index (Phi) is 5.03. The molecule has 1 aliphatic heterocycles. The van der Waals surface area contributed by atoms with Gasteiger partial charge in [0.15, 0.2) is 11.5 Å². The molecular formula is C23H21FN6O. The van der Waals surface area contributed by atoms with E-state index in [9.17, 15) is 9.18 Å². The second kappa shape index (κ2) is 8.14. The van der Waals surface area contributed by atoms with E-state index in [1.807, 2.05) is 41.3 Å². The Morgan fingerprint density at radius 1 is 1.00 bits per heavy atom. The Hall–Kier alpha value is -3.81. The summed E-state index contributed by atoms with van der Waals surface area (Å²) >= 11 is 0. The third-order valence-electron chi connectivity index (χ3n) is 5.48. The zero-order valence-corrected chi connectivity index (χ0v) is 16.8. The summed E-state index contributed by atoms with van der Waals surface area (Å²) in [6, 6.07) is 19.9. The van der Waals surface area contributed by atoms with Gasteiger partial charge in [-0.25, -0.2) is 4.39 Å². The van der Waals surface area contributed by atoms with Gasteiger partial charge in [-0.2, -0.15) is 4.52 Å². The highest BCUT2D eigenvalue weighted by Gasteiger charge is 2.25. The smallest absolute Gasteiger partial charge is 0.222 e. The molecule has 1 unspecified atom stereocenters. The van der Waals surface area contributed by atoms with Crippen molar-refractivity contribution >= 4 is 17.4 Å². The largest absolute Gasteiger partial charge is 0.360 e. The van der Waals surface area contributed by atoms with Crippen molar-refractivity contribution in [3.8, 4) is 11.4 Å². The van der Waals surface area contributed by atoms with Crippen molar-refractivity contribution in [2.45, 2.75) is 18.9 Å². The summed E-state index contributed by atoms with van der Waals surface area (Å²) in [7, 11) is 0. The normalized spacial score (nSPS) is 14.9. The van der Waals surface area contributed by atoms with Crippen LogP contribution in [0.1, 0.15) is 24.4 Å². The Balaban J connectivity index is 1.49. The van der Waals surface area contributed by atoms with Crippen LogP contribution in [-0.2, 0) is 4.79 Å².